The Hall–Kier alpha value is 0.780. The van der Waals surface area contributed by atoms with Crippen LogP contribution in [0.5, 0.6) is 0 Å². The first kappa shape index (κ1) is 15.2. The zero-order valence-corrected chi connectivity index (χ0v) is 14.5. The molecule has 4 atom stereocenters. The van der Waals surface area contributed by atoms with Crippen LogP contribution in [-0.2, 0) is 9.47 Å². The van der Waals surface area contributed by atoms with Gasteiger partial charge in [0.05, 0.1) is 13.2 Å². The predicted octanol–water partition coefficient (Wildman–Crippen LogP) is 4.26. The van der Waals surface area contributed by atoms with E-state index < -0.39 is 0 Å². The second-order valence-corrected chi connectivity index (χ2v) is 13.7. The zero-order chi connectivity index (χ0) is 13.6. The summed E-state index contributed by atoms with van der Waals surface area (Å²) in [5, 5.41) is 0.780. The molecule has 0 aromatic heterocycles. The van der Waals surface area contributed by atoms with Gasteiger partial charge in [-0.05, 0) is 22.6 Å². The molecule has 2 rings (SSSR count). The lowest BCUT2D eigenvalue weighted by molar-refractivity contribution is 0.0349. The molecule has 0 aromatic carbocycles. The monoisotopic (exact) mass is 290 g/mol. The minimum absolute atomic E-state index is 0.0654. The van der Waals surface area contributed by atoms with Crippen molar-refractivity contribution in [2.75, 3.05) is 25.5 Å². The third-order valence-electron chi connectivity index (χ3n) is 3.82. The van der Waals surface area contributed by atoms with E-state index in [9.17, 15) is 0 Å². The van der Waals surface area contributed by atoms with Crippen molar-refractivity contribution in [2.24, 2.45) is 0 Å². The van der Waals surface area contributed by atoms with Crippen molar-refractivity contribution in [1.29, 1.82) is 0 Å². The fourth-order valence-corrected chi connectivity index (χ4v) is 9.19. The maximum absolute atomic E-state index is 6.12. The van der Waals surface area contributed by atoms with E-state index in [-0.39, 0.29) is 15.8 Å². The highest BCUT2D eigenvalue weighted by molar-refractivity contribution is 7.64. The van der Waals surface area contributed by atoms with E-state index in [4.69, 9.17) is 9.47 Å². The number of hydrogen-bond donors (Lipinski definition) is 0. The highest BCUT2D eigenvalue weighted by Gasteiger charge is 2.48. The Morgan fingerprint density at radius 1 is 0.722 bits per heavy atom. The molecule has 0 radical (unpaired) electrons. The summed E-state index contributed by atoms with van der Waals surface area (Å²) in [5.74, 6) is 0.792. The maximum Gasteiger partial charge on any atom is 0.107 e. The smallest absolute Gasteiger partial charge is 0.107 e. The van der Waals surface area contributed by atoms with Crippen molar-refractivity contribution in [3.63, 3.8) is 0 Å². The lowest BCUT2D eigenvalue weighted by Gasteiger charge is -2.39. The molecule has 2 aliphatic rings. The summed E-state index contributed by atoms with van der Waals surface area (Å²) < 4.78 is 12.2. The molecule has 0 aliphatic carbocycles. The first-order chi connectivity index (χ1) is 8.21. The Bertz CT molecular complexity index is 263. The van der Waals surface area contributed by atoms with Crippen molar-refractivity contribution >= 4 is 15.8 Å². The molecule has 0 spiro atoms. The van der Waals surface area contributed by atoms with Gasteiger partial charge in [-0.25, -0.2) is 0 Å². The van der Waals surface area contributed by atoms with Gasteiger partial charge in [0.15, 0.2) is 0 Å². The van der Waals surface area contributed by atoms with E-state index in [1.165, 1.54) is 12.3 Å². The summed E-state index contributed by atoms with van der Waals surface area (Å²) in [6.07, 6.45) is 2.52. The molecule has 0 saturated carbocycles. The summed E-state index contributed by atoms with van der Waals surface area (Å²) in [7, 11) is -0.131. The lowest BCUT2D eigenvalue weighted by atomic mass is 10.3. The Morgan fingerprint density at radius 2 is 1.06 bits per heavy atom. The van der Waals surface area contributed by atoms with Crippen molar-refractivity contribution in [1.82, 2.24) is 0 Å². The van der Waals surface area contributed by atoms with Gasteiger partial charge >= 0.3 is 0 Å². The molecule has 0 bridgehead atoms. The van der Waals surface area contributed by atoms with Crippen molar-refractivity contribution in [2.45, 2.75) is 63.5 Å². The van der Waals surface area contributed by atoms with E-state index >= 15 is 0 Å². The summed E-state index contributed by atoms with van der Waals surface area (Å²) in [6, 6.07) is 0. The van der Waals surface area contributed by atoms with Crippen molar-refractivity contribution in [3.8, 4) is 0 Å². The Kier molecular flexibility index (Phi) is 4.45. The molecule has 2 saturated heterocycles. The predicted molar refractivity (Wildman–Crippen MR) is 82.6 cm³/mol. The minimum Gasteiger partial charge on any atom is -0.370 e. The SMILES string of the molecule is CC(C)(C)P1CCO[C@H]1[C@@H]1OCCP1C(C)(C)C. The fourth-order valence-electron chi connectivity index (χ4n) is 2.88. The van der Waals surface area contributed by atoms with Gasteiger partial charge in [-0.2, -0.15) is 0 Å². The van der Waals surface area contributed by atoms with Crippen molar-refractivity contribution < 1.29 is 9.47 Å². The van der Waals surface area contributed by atoms with Crippen LogP contribution >= 0.6 is 15.8 Å². The van der Waals surface area contributed by atoms with Gasteiger partial charge in [0.2, 0.25) is 0 Å². The van der Waals surface area contributed by atoms with Crippen LogP contribution in [0.25, 0.3) is 0 Å². The van der Waals surface area contributed by atoms with E-state index in [0.717, 1.165) is 13.2 Å². The molecule has 0 amide bonds. The topological polar surface area (TPSA) is 18.5 Å². The third kappa shape index (κ3) is 3.09. The second-order valence-electron chi connectivity index (χ2n) is 7.25. The molecule has 106 valence electrons. The van der Waals surface area contributed by atoms with E-state index in [1.807, 2.05) is 0 Å². The molecule has 2 nitrogen and oxygen atoms in total. The number of rotatable bonds is 1. The quantitative estimate of drug-likeness (QED) is 0.672. The summed E-state index contributed by atoms with van der Waals surface area (Å²) in [6.45, 7) is 16.1. The first-order valence-corrected chi connectivity index (χ1v) is 10.2. The van der Waals surface area contributed by atoms with Crippen LogP contribution < -0.4 is 0 Å². The molecular weight excluding hydrogens is 262 g/mol. The van der Waals surface area contributed by atoms with Crippen LogP contribution in [0.2, 0.25) is 0 Å². The standard InChI is InChI=1S/C14H28O2P2/c1-13(2,3)17-9-7-15-11(17)12-16-8-10-18(12)14(4,5)6/h11-12H,7-10H2,1-6H3/t11-,12-,17?,18?/m1/s1. The number of ether oxygens (including phenoxy) is 2. The van der Waals surface area contributed by atoms with Gasteiger partial charge < -0.3 is 9.47 Å². The highest BCUT2D eigenvalue weighted by Crippen LogP contribution is 2.67. The molecular formula is C14H28O2P2. The maximum atomic E-state index is 6.12. The fraction of sp³-hybridized carbons (Fsp3) is 1.00. The summed E-state index contributed by atoms with van der Waals surface area (Å²) in [4.78, 5) is 0. The van der Waals surface area contributed by atoms with Crippen LogP contribution in [0.15, 0.2) is 0 Å². The van der Waals surface area contributed by atoms with Crippen LogP contribution in [0.1, 0.15) is 41.5 Å². The average molecular weight is 290 g/mol. The lowest BCUT2D eigenvalue weighted by Crippen LogP contribution is -2.31. The van der Waals surface area contributed by atoms with Crippen LogP contribution in [0, 0.1) is 0 Å². The Balaban J connectivity index is 2.15. The summed E-state index contributed by atoms with van der Waals surface area (Å²) in [5.41, 5.74) is 0. The average Bonchev–Trinajstić information content (AvgIpc) is 2.83. The van der Waals surface area contributed by atoms with E-state index in [1.54, 1.807) is 0 Å². The second kappa shape index (κ2) is 5.28. The Morgan fingerprint density at radius 3 is 1.33 bits per heavy atom. The summed E-state index contributed by atoms with van der Waals surface area (Å²) >= 11 is 0. The van der Waals surface area contributed by atoms with Crippen molar-refractivity contribution in [3.05, 3.63) is 0 Å². The number of hydrogen-bond acceptors (Lipinski definition) is 2. The molecule has 18 heavy (non-hydrogen) atoms. The first-order valence-electron chi connectivity index (χ1n) is 6.98. The molecule has 0 aromatic rings. The molecule has 2 fully saturated rings. The largest absolute Gasteiger partial charge is 0.370 e. The molecule has 4 heteroatoms. The van der Waals surface area contributed by atoms with Crippen LogP contribution in [0.3, 0.4) is 0 Å². The van der Waals surface area contributed by atoms with Gasteiger partial charge in [-0.15, -0.1) is 0 Å². The molecule has 2 unspecified atom stereocenters. The van der Waals surface area contributed by atoms with Gasteiger partial charge in [-0.1, -0.05) is 57.4 Å². The Labute approximate surface area is 115 Å². The third-order valence-corrected chi connectivity index (χ3v) is 10.9. The van der Waals surface area contributed by atoms with Gasteiger partial charge in [0, 0.05) is 0 Å². The normalized spacial score (nSPS) is 38.3. The minimum atomic E-state index is -0.0654. The molecule has 2 aliphatic heterocycles. The zero-order valence-electron chi connectivity index (χ0n) is 12.7. The molecule has 2 heterocycles. The van der Waals surface area contributed by atoms with E-state index in [2.05, 4.69) is 41.5 Å². The van der Waals surface area contributed by atoms with Crippen LogP contribution in [0.4, 0.5) is 0 Å². The van der Waals surface area contributed by atoms with Gasteiger partial charge in [0.25, 0.3) is 0 Å². The van der Waals surface area contributed by atoms with Gasteiger partial charge in [0.1, 0.15) is 11.7 Å². The highest BCUT2D eigenvalue weighted by atomic mass is 31.1. The van der Waals surface area contributed by atoms with Crippen LogP contribution in [-0.4, -0.2) is 47.5 Å². The molecule has 0 N–H and O–H groups in total. The van der Waals surface area contributed by atoms with Gasteiger partial charge in [-0.3, -0.25) is 0 Å². The van der Waals surface area contributed by atoms with E-state index in [0.29, 0.717) is 22.0 Å².